The fourth-order valence-corrected chi connectivity index (χ4v) is 5.63. The molecule has 0 unspecified atom stereocenters. The Labute approximate surface area is 182 Å². The van der Waals surface area contributed by atoms with Crippen molar-refractivity contribution in [2.45, 2.75) is 38.1 Å². The topological polar surface area (TPSA) is 108 Å². The number of piperidine rings is 1. The highest BCUT2D eigenvalue weighted by molar-refractivity contribution is 7.89. The van der Waals surface area contributed by atoms with E-state index in [-0.39, 0.29) is 35.6 Å². The molecule has 0 saturated carbocycles. The van der Waals surface area contributed by atoms with Crippen molar-refractivity contribution in [1.82, 2.24) is 14.4 Å². The van der Waals surface area contributed by atoms with E-state index in [1.807, 2.05) is 12.1 Å². The van der Waals surface area contributed by atoms with Gasteiger partial charge in [-0.25, -0.2) is 8.42 Å². The van der Waals surface area contributed by atoms with Crippen LogP contribution in [-0.2, 0) is 21.4 Å². The number of nitriles is 1. The van der Waals surface area contributed by atoms with Crippen LogP contribution in [0.15, 0.2) is 46.3 Å². The lowest BCUT2D eigenvalue weighted by molar-refractivity contribution is -0.136. The van der Waals surface area contributed by atoms with Crippen LogP contribution >= 0.6 is 0 Å². The normalized spacial score (nSPS) is 15.4. The molecule has 0 N–H and O–H groups in total. The van der Waals surface area contributed by atoms with Crippen LogP contribution in [0.3, 0.4) is 0 Å². The maximum atomic E-state index is 13.1. The molecule has 1 aromatic carbocycles. The first-order valence-electron chi connectivity index (χ1n) is 10.1. The number of benzene rings is 1. The van der Waals surface area contributed by atoms with E-state index in [0.29, 0.717) is 37.2 Å². The summed E-state index contributed by atoms with van der Waals surface area (Å²) in [7, 11) is -3.71. The van der Waals surface area contributed by atoms with Gasteiger partial charge < -0.3 is 9.42 Å². The minimum absolute atomic E-state index is 0.0151. The number of carbonyl (C=O) groups is 1. The largest absolute Gasteiger partial charge is 0.360 e. The SMILES string of the molecule is C=CCN(Cc1ccc(C#N)cc1)C(=O)C1CCN(S(=O)(=O)c2c(C)noc2C)CC1. The fourth-order valence-electron chi connectivity index (χ4n) is 3.87. The number of carbonyl (C=O) groups excluding carboxylic acids is 1. The van der Waals surface area contributed by atoms with Crippen LogP contribution in [0, 0.1) is 31.1 Å². The van der Waals surface area contributed by atoms with Crippen molar-refractivity contribution in [2.24, 2.45) is 5.92 Å². The summed E-state index contributed by atoms with van der Waals surface area (Å²) in [4.78, 5) is 15.0. The van der Waals surface area contributed by atoms with Gasteiger partial charge in [0.05, 0.1) is 11.6 Å². The van der Waals surface area contributed by atoms with E-state index in [1.54, 1.807) is 37.0 Å². The number of sulfonamides is 1. The van der Waals surface area contributed by atoms with E-state index >= 15 is 0 Å². The van der Waals surface area contributed by atoms with Crippen LogP contribution in [0.25, 0.3) is 0 Å². The van der Waals surface area contributed by atoms with Crippen molar-refractivity contribution in [1.29, 1.82) is 5.26 Å². The van der Waals surface area contributed by atoms with Gasteiger partial charge in [-0.2, -0.15) is 9.57 Å². The molecule has 2 aromatic rings. The van der Waals surface area contributed by atoms with E-state index in [9.17, 15) is 13.2 Å². The average molecular weight is 443 g/mol. The molecule has 8 nitrogen and oxygen atoms in total. The molecule has 9 heteroatoms. The minimum Gasteiger partial charge on any atom is -0.360 e. The number of amides is 1. The molecule has 0 aliphatic carbocycles. The van der Waals surface area contributed by atoms with Crippen LogP contribution < -0.4 is 0 Å². The predicted molar refractivity (Wildman–Crippen MR) is 114 cm³/mol. The maximum absolute atomic E-state index is 13.1. The molecule has 1 saturated heterocycles. The lowest BCUT2D eigenvalue weighted by atomic mass is 9.96. The Morgan fingerprint density at radius 3 is 2.48 bits per heavy atom. The third kappa shape index (κ3) is 4.86. The Morgan fingerprint density at radius 2 is 1.97 bits per heavy atom. The number of hydrogen-bond donors (Lipinski definition) is 0. The van der Waals surface area contributed by atoms with Crippen molar-refractivity contribution in [2.75, 3.05) is 19.6 Å². The van der Waals surface area contributed by atoms with Crippen molar-refractivity contribution in [3.63, 3.8) is 0 Å². The Kier molecular flexibility index (Phi) is 6.93. The molecule has 31 heavy (non-hydrogen) atoms. The highest BCUT2D eigenvalue weighted by atomic mass is 32.2. The minimum atomic E-state index is -3.71. The molecule has 2 heterocycles. The van der Waals surface area contributed by atoms with Crippen LogP contribution in [0.1, 0.15) is 35.4 Å². The zero-order chi connectivity index (χ0) is 22.6. The molecule has 3 rings (SSSR count). The molecule has 1 aliphatic rings. The van der Waals surface area contributed by atoms with Gasteiger partial charge in [0.1, 0.15) is 10.6 Å². The Balaban J connectivity index is 1.67. The molecule has 0 radical (unpaired) electrons. The molecular weight excluding hydrogens is 416 g/mol. The van der Waals surface area contributed by atoms with Gasteiger partial charge in [-0.1, -0.05) is 23.4 Å². The highest BCUT2D eigenvalue weighted by Gasteiger charge is 2.36. The second-order valence-corrected chi connectivity index (χ2v) is 9.52. The van der Waals surface area contributed by atoms with Gasteiger partial charge in [-0.15, -0.1) is 6.58 Å². The van der Waals surface area contributed by atoms with Crippen molar-refractivity contribution in [3.8, 4) is 6.07 Å². The van der Waals surface area contributed by atoms with Gasteiger partial charge in [-0.05, 0) is 44.4 Å². The lowest BCUT2D eigenvalue weighted by Crippen LogP contribution is -2.44. The Bertz CT molecular complexity index is 1070. The molecule has 0 bridgehead atoms. The molecule has 0 atom stereocenters. The summed E-state index contributed by atoms with van der Waals surface area (Å²) in [5.74, 6) is 0.00312. The second kappa shape index (κ2) is 9.45. The summed E-state index contributed by atoms with van der Waals surface area (Å²) in [6, 6.07) is 9.20. The quantitative estimate of drug-likeness (QED) is 0.610. The Hall–Kier alpha value is -2.96. The fraction of sp³-hybridized carbons (Fsp3) is 0.409. The zero-order valence-corrected chi connectivity index (χ0v) is 18.6. The van der Waals surface area contributed by atoms with E-state index in [0.717, 1.165) is 5.56 Å². The summed E-state index contributed by atoms with van der Waals surface area (Å²) >= 11 is 0. The molecule has 1 amide bonds. The molecule has 1 fully saturated rings. The summed E-state index contributed by atoms with van der Waals surface area (Å²) in [6.07, 6.45) is 2.57. The third-order valence-electron chi connectivity index (χ3n) is 5.49. The van der Waals surface area contributed by atoms with Gasteiger partial charge in [0.25, 0.3) is 0 Å². The average Bonchev–Trinajstić information content (AvgIpc) is 3.12. The van der Waals surface area contributed by atoms with E-state index in [4.69, 9.17) is 9.78 Å². The third-order valence-corrected chi connectivity index (χ3v) is 7.63. The first kappa shape index (κ1) is 22.7. The molecule has 0 spiro atoms. The van der Waals surface area contributed by atoms with E-state index in [1.165, 1.54) is 4.31 Å². The van der Waals surface area contributed by atoms with Gasteiger partial charge in [0.15, 0.2) is 5.76 Å². The standard InChI is InChI=1S/C22H26N4O4S/c1-4-11-25(15-19-7-5-18(14-23)6-8-19)22(27)20-9-12-26(13-10-20)31(28,29)21-16(2)24-30-17(21)3/h4-8,20H,1,9-13,15H2,2-3H3. The molecule has 164 valence electrons. The van der Waals surface area contributed by atoms with Gasteiger partial charge in [0.2, 0.25) is 15.9 Å². The van der Waals surface area contributed by atoms with Crippen molar-refractivity contribution < 1.29 is 17.7 Å². The predicted octanol–water partition coefficient (Wildman–Crippen LogP) is 2.78. The first-order valence-corrected chi connectivity index (χ1v) is 11.5. The summed E-state index contributed by atoms with van der Waals surface area (Å²) in [6.45, 7) is 8.28. The van der Waals surface area contributed by atoms with Gasteiger partial charge in [0, 0.05) is 32.1 Å². The number of nitrogens with zero attached hydrogens (tertiary/aromatic N) is 4. The second-order valence-electron chi connectivity index (χ2n) is 7.65. The maximum Gasteiger partial charge on any atom is 0.248 e. The van der Waals surface area contributed by atoms with Crippen LogP contribution in [0.5, 0.6) is 0 Å². The van der Waals surface area contributed by atoms with Crippen molar-refractivity contribution in [3.05, 3.63) is 59.5 Å². The van der Waals surface area contributed by atoms with Gasteiger partial charge in [-0.3, -0.25) is 4.79 Å². The smallest absolute Gasteiger partial charge is 0.248 e. The van der Waals surface area contributed by atoms with Gasteiger partial charge >= 0.3 is 0 Å². The number of aryl methyl sites for hydroxylation is 2. The van der Waals surface area contributed by atoms with E-state index < -0.39 is 10.0 Å². The highest BCUT2D eigenvalue weighted by Crippen LogP contribution is 2.28. The van der Waals surface area contributed by atoms with Crippen molar-refractivity contribution >= 4 is 15.9 Å². The monoisotopic (exact) mass is 442 g/mol. The van der Waals surface area contributed by atoms with Crippen LogP contribution in [-0.4, -0.2) is 48.3 Å². The first-order chi connectivity index (χ1) is 14.8. The number of rotatable bonds is 7. The summed E-state index contributed by atoms with van der Waals surface area (Å²) in [5, 5.41) is 12.7. The van der Waals surface area contributed by atoms with Crippen LogP contribution in [0.2, 0.25) is 0 Å². The molecular formula is C22H26N4O4S. The zero-order valence-electron chi connectivity index (χ0n) is 17.7. The molecule has 1 aromatic heterocycles. The summed E-state index contributed by atoms with van der Waals surface area (Å²) in [5.41, 5.74) is 1.83. The van der Waals surface area contributed by atoms with Crippen LogP contribution in [0.4, 0.5) is 0 Å². The number of aromatic nitrogens is 1. The Morgan fingerprint density at radius 1 is 1.32 bits per heavy atom. The van der Waals surface area contributed by atoms with E-state index in [2.05, 4.69) is 17.8 Å². The number of hydrogen-bond acceptors (Lipinski definition) is 6. The summed E-state index contributed by atoms with van der Waals surface area (Å²) < 4.78 is 32.4. The molecule has 1 aliphatic heterocycles. The lowest BCUT2D eigenvalue weighted by Gasteiger charge is -2.33.